The average molecular weight is 377 g/mol. The molecule has 0 aliphatic carbocycles. The molecule has 2 aromatic rings. The molecule has 0 aliphatic heterocycles. The van der Waals surface area contributed by atoms with Crippen LogP contribution in [0.25, 0.3) is 0 Å². The molecule has 2 aromatic carbocycles. The summed E-state index contributed by atoms with van der Waals surface area (Å²) in [4.78, 5) is 24.1. The van der Waals surface area contributed by atoms with E-state index in [2.05, 4.69) is 10.9 Å². The number of benzene rings is 2. The lowest BCUT2D eigenvalue weighted by atomic mass is 10.1. The van der Waals surface area contributed by atoms with Crippen molar-refractivity contribution in [2.75, 3.05) is 13.2 Å². The molecule has 0 heterocycles. The number of hydrazine groups is 1. The lowest BCUT2D eigenvalue weighted by Crippen LogP contribution is -2.43. The molecule has 0 aromatic heterocycles. The molecule has 2 N–H and O–H groups in total. The Morgan fingerprint density at radius 1 is 1.04 bits per heavy atom. The van der Waals surface area contributed by atoms with Crippen LogP contribution in [0.2, 0.25) is 5.02 Å². The highest BCUT2D eigenvalue weighted by Crippen LogP contribution is 2.25. The number of rotatable bonds is 6. The molecule has 2 amide bonds. The maximum Gasteiger partial charge on any atom is 0.276 e. The lowest BCUT2D eigenvalue weighted by molar-refractivity contribution is -0.123. The topological polar surface area (TPSA) is 76.7 Å². The first-order valence-electron chi connectivity index (χ1n) is 8.13. The zero-order valence-electron chi connectivity index (χ0n) is 14.9. The Morgan fingerprint density at radius 2 is 1.69 bits per heavy atom. The zero-order valence-corrected chi connectivity index (χ0v) is 15.6. The van der Waals surface area contributed by atoms with Gasteiger partial charge in [-0.3, -0.25) is 20.4 Å². The van der Waals surface area contributed by atoms with Crippen molar-refractivity contribution in [1.29, 1.82) is 0 Å². The van der Waals surface area contributed by atoms with Crippen LogP contribution in [0.5, 0.6) is 11.5 Å². The third kappa shape index (κ3) is 5.13. The summed E-state index contributed by atoms with van der Waals surface area (Å²) in [6.07, 6.45) is 0. The summed E-state index contributed by atoms with van der Waals surface area (Å²) in [5.74, 6) is 0.0239. The van der Waals surface area contributed by atoms with Gasteiger partial charge in [0, 0.05) is 5.02 Å². The molecular formula is C19H21ClN2O4. The van der Waals surface area contributed by atoms with Gasteiger partial charge in [0.25, 0.3) is 11.8 Å². The van der Waals surface area contributed by atoms with Crippen LogP contribution < -0.4 is 20.3 Å². The van der Waals surface area contributed by atoms with E-state index in [1.807, 2.05) is 20.8 Å². The maximum absolute atomic E-state index is 12.2. The van der Waals surface area contributed by atoms with Crippen molar-refractivity contribution in [3.8, 4) is 11.5 Å². The van der Waals surface area contributed by atoms with Crippen molar-refractivity contribution >= 4 is 23.4 Å². The van der Waals surface area contributed by atoms with Gasteiger partial charge in [0.2, 0.25) is 0 Å². The summed E-state index contributed by atoms with van der Waals surface area (Å²) in [5, 5.41) is 0.669. The van der Waals surface area contributed by atoms with E-state index in [4.69, 9.17) is 21.1 Å². The number of hydrogen-bond donors (Lipinski definition) is 2. The molecular weight excluding hydrogens is 356 g/mol. The van der Waals surface area contributed by atoms with Gasteiger partial charge in [-0.15, -0.1) is 0 Å². The van der Waals surface area contributed by atoms with Gasteiger partial charge in [0.15, 0.2) is 6.61 Å². The second-order valence-electron chi connectivity index (χ2n) is 5.59. The van der Waals surface area contributed by atoms with Gasteiger partial charge in [-0.2, -0.15) is 0 Å². The maximum atomic E-state index is 12.2. The van der Waals surface area contributed by atoms with E-state index in [9.17, 15) is 9.59 Å². The van der Waals surface area contributed by atoms with Crippen molar-refractivity contribution in [2.45, 2.75) is 20.8 Å². The first kappa shape index (κ1) is 19.6. The van der Waals surface area contributed by atoms with Crippen LogP contribution in [0, 0.1) is 13.8 Å². The van der Waals surface area contributed by atoms with E-state index in [0.717, 1.165) is 11.1 Å². The number of para-hydroxylation sites is 1. The number of amides is 2. The Balaban J connectivity index is 1.88. The lowest BCUT2D eigenvalue weighted by Gasteiger charge is -2.12. The Hall–Kier alpha value is -2.73. The Labute approximate surface area is 157 Å². The van der Waals surface area contributed by atoms with Crippen LogP contribution >= 0.6 is 11.6 Å². The minimum Gasteiger partial charge on any atom is -0.493 e. The minimum absolute atomic E-state index is 0.242. The Kier molecular flexibility index (Phi) is 6.86. The highest BCUT2D eigenvalue weighted by Gasteiger charge is 2.13. The van der Waals surface area contributed by atoms with Gasteiger partial charge in [-0.1, -0.05) is 23.7 Å². The summed E-state index contributed by atoms with van der Waals surface area (Å²) in [6, 6.07) is 10.3. The van der Waals surface area contributed by atoms with Gasteiger partial charge < -0.3 is 9.47 Å². The predicted octanol–water partition coefficient (Wildman–Crippen LogP) is 3.20. The number of halogens is 1. The predicted molar refractivity (Wildman–Crippen MR) is 99.6 cm³/mol. The van der Waals surface area contributed by atoms with Gasteiger partial charge in [-0.25, -0.2) is 0 Å². The zero-order chi connectivity index (χ0) is 19.1. The number of ether oxygens (including phenoxy) is 2. The van der Waals surface area contributed by atoms with Crippen LogP contribution in [0.4, 0.5) is 0 Å². The molecule has 0 radical (unpaired) electrons. The van der Waals surface area contributed by atoms with Crippen molar-refractivity contribution < 1.29 is 19.1 Å². The highest BCUT2D eigenvalue weighted by atomic mass is 35.5. The third-order valence-corrected chi connectivity index (χ3v) is 4.12. The van der Waals surface area contributed by atoms with Crippen LogP contribution in [-0.2, 0) is 4.79 Å². The van der Waals surface area contributed by atoms with Gasteiger partial charge in [0.05, 0.1) is 12.2 Å². The van der Waals surface area contributed by atoms with Crippen molar-refractivity contribution in [3.05, 3.63) is 58.1 Å². The average Bonchev–Trinajstić information content (AvgIpc) is 2.63. The molecule has 26 heavy (non-hydrogen) atoms. The number of carbonyl (C=O) groups excluding carboxylic acids is 2. The van der Waals surface area contributed by atoms with E-state index in [1.165, 1.54) is 0 Å². The first-order chi connectivity index (χ1) is 12.4. The van der Waals surface area contributed by atoms with Gasteiger partial charge >= 0.3 is 0 Å². The van der Waals surface area contributed by atoms with Gasteiger partial charge in [-0.05, 0) is 56.2 Å². The molecule has 0 saturated carbocycles. The molecule has 6 nitrogen and oxygen atoms in total. The summed E-state index contributed by atoms with van der Waals surface area (Å²) < 4.78 is 10.8. The summed E-state index contributed by atoms with van der Waals surface area (Å²) >= 11 is 6.10. The minimum atomic E-state index is -0.488. The molecule has 2 rings (SSSR count). The molecule has 0 atom stereocenters. The van der Waals surface area contributed by atoms with E-state index in [1.54, 1.807) is 36.4 Å². The summed E-state index contributed by atoms with van der Waals surface area (Å²) in [7, 11) is 0. The fourth-order valence-electron chi connectivity index (χ4n) is 2.30. The summed E-state index contributed by atoms with van der Waals surface area (Å²) in [5.41, 5.74) is 6.72. The van der Waals surface area contributed by atoms with Crippen LogP contribution in [0.15, 0.2) is 36.4 Å². The van der Waals surface area contributed by atoms with E-state index < -0.39 is 11.8 Å². The molecule has 138 valence electrons. The number of carbonyl (C=O) groups is 2. The standard InChI is InChI=1S/C19H21ClN2O4/c1-4-25-16-8-6-5-7-15(16)19(24)22-21-17(23)11-26-14-9-12(2)18(20)13(3)10-14/h5-10H,4,11H2,1-3H3,(H,21,23)(H,22,24). The number of nitrogens with one attached hydrogen (secondary N) is 2. The van der Waals surface area contributed by atoms with E-state index >= 15 is 0 Å². The molecule has 0 unspecified atom stereocenters. The van der Waals surface area contributed by atoms with Crippen molar-refractivity contribution in [3.63, 3.8) is 0 Å². The quantitative estimate of drug-likeness (QED) is 0.759. The first-order valence-corrected chi connectivity index (χ1v) is 8.50. The number of hydrogen-bond acceptors (Lipinski definition) is 4. The van der Waals surface area contributed by atoms with E-state index in [0.29, 0.717) is 28.7 Å². The normalized spacial score (nSPS) is 10.2. The highest BCUT2D eigenvalue weighted by molar-refractivity contribution is 6.32. The second kappa shape index (κ2) is 9.10. The second-order valence-corrected chi connectivity index (χ2v) is 5.97. The molecule has 7 heteroatoms. The fraction of sp³-hybridized carbons (Fsp3) is 0.263. The summed E-state index contributed by atoms with van der Waals surface area (Å²) in [6.45, 7) is 5.74. The number of aryl methyl sites for hydroxylation is 2. The molecule has 0 fully saturated rings. The van der Waals surface area contributed by atoms with Crippen LogP contribution in [0.1, 0.15) is 28.4 Å². The van der Waals surface area contributed by atoms with Crippen molar-refractivity contribution in [1.82, 2.24) is 10.9 Å². The smallest absolute Gasteiger partial charge is 0.276 e. The Morgan fingerprint density at radius 3 is 2.35 bits per heavy atom. The molecule has 0 bridgehead atoms. The molecule has 0 saturated heterocycles. The van der Waals surface area contributed by atoms with Crippen LogP contribution in [-0.4, -0.2) is 25.0 Å². The molecule has 0 aliphatic rings. The molecule has 0 spiro atoms. The third-order valence-electron chi connectivity index (χ3n) is 3.53. The van der Waals surface area contributed by atoms with Crippen molar-refractivity contribution in [2.24, 2.45) is 0 Å². The van der Waals surface area contributed by atoms with E-state index in [-0.39, 0.29) is 6.61 Å². The van der Waals surface area contributed by atoms with Gasteiger partial charge in [0.1, 0.15) is 11.5 Å². The van der Waals surface area contributed by atoms with Crippen LogP contribution in [0.3, 0.4) is 0 Å². The monoisotopic (exact) mass is 376 g/mol. The SMILES string of the molecule is CCOc1ccccc1C(=O)NNC(=O)COc1cc(C)c(Cl)c(C)c1. The largest absolute Gasteiger partial charge is 0.493 e. The Bertz CT molecular complexity index is 785. The fourth-order valence-corrected chi connectivity index (χ4v) is 2.41.